The summed E-state index contributed by atoms with van der Waals surface area (Å²) < 4.78 is 25.2. The number of nitrogens with two attached hydrogens (primary N) is 1. The molecule has 4 rings (SSSR count). The van der Waals surface area contributed by atoms with Crippen molar-refractivity contribution in [3.63, 3.8) is 0 Å². The SMILES string of the molecule is Cc1ccc(CNC(=O)c2cc(-c3ncccc3COC(=O)[C@H](C)N)ccc2OCC2CC2)cc1F. The Bertz CT molecular complexity index is 1260. The molecule has 2 aromatic carbocycles. The Kier molecular flexibility index (Phi) is 7.95. The standard InChI is InChI=1S/C28H30FN3O4/c1-17-5-6-20(12-24(17)29)14-32-27(33)23-13-21(9-10-25(23)35-15-19-7-8-19)26-22(4-3-11-31-26)16-36-28(34)18(2)30/h3-6,9-13,18-19H,7-8,14-16,30H2,1-2H3,(H,32,33)/t18-/m0/s1. The van der Waals surface area contributed by atoms with Gasteiger partial charge in [-0.15, -0.1) is 0 Å². The van der Waals surface area contributed by atoms with Crippen LogP contribution >= 0.6 is 0 Å². The van der Waals surface area contributed by atoms with Gasteiger partial charge in [-0.05, 0) is 74.1 Å². The maximum Gasteiger partial charge on any atom is 0.322 e. The first-order chi connectivity index (χ1) is 17.3. The van der Waals surface area contributed by atoms with Crippen LogP contribution < -0.4 is 15.8 Å². The minimum Gasteiger partial charge on any atom is -0.492 e. The molecule has 3 N–H and O–H groups in total. The van der Waals surface area contributed by atoms with Crippen molar-refractivity contribution in [1.29, 1.82) is 0 Å². The van der Waals surface area contributed by atoms with Crippen LogP contribution in [0.2, 0.25) is 0 Å². The zero-order valence-electron chi connectivity index (χ0n) is 20.4. The van der Waals surface area contributed by atoms with Crippen LogP contribution in [0.1, 0.15) is 46.8 Å². The maximum absolute atomic E-state index is 13.9. The van der Waals surface area contributed by atoms with E-state index in [2.05, 4.69) is 10.3 Å². The molecular formula is C28H30FN3O4. The number of nitrogens with zero attached hydrogens (tertiary/aromatic N) is 1. The molecule has 8 heteroatoms. The molecule has 1 atom stereocenters. The number of benzene rings is 2. The van der Waals surface area contributed by atoms with E-state index in [0.717, 1.165) is 12.8 Å². The average molecular weight is 492 g/mol. The summed E-state index contributed by atoms with van der Waals surface area (Å²) in [6.45, 7) is 3.97. The fourth-order valence-electron chi connectivity index (χ4n) is 3.59. The number of hydrogen-bond donors (Lipinski definition) is 2. The highest BCUT2D eigenvalue weighted by atomic mass is 19.1. The van der Waals surface area contributed by atoms with Gasteiger partial charge >= 0.3 is 5.97 Å². The molecular weight excluding hydrogens is 461 g/mol. The molecule has 0 unspecified atom stereocenters. The van der Waals surface area contributed by atoms with E-state index in [1.54, 1.807) is 56.4 Å². The van der Waals surface area contributed by atoms with Crippen molar-refractivity contribution in [2.75, 3.05) is 6.61 Å². The van der Waals surface area contributed by atoms with E-state index < -0.39 is 12.0 Å². The monoisotopic (exact) mass is 491 g/mol. The number of nitrogens with one attached hydrogen (secondary N) is 1. The van der Waals surface area contributed by atoms with Gasteiger partial charge in [0.2, 0.25) is 0 Å². The van der Waals surface area contributed by atoms with Crippen LogP contribution in [0.5, 0.6) is 5.75 Å². The topological polar surface area (TPSA) is 104 Å². The second kappa shape index (κ2) is 11.3. The molecule has 1 fully saturated rings. The zero-order valence-corrected chi connectivity index (χ0v) is 20.4. The Morgan fingerprint density at radius 1 is 1.19 bits per heavy atom. The largest absolute Gasteiger partial charge is 0.492 e. The van der Waals surface area contributed by atoms with Crippen LogP contribution in [0, 0.1) is 18.7 Å². The number of aryl methyl sites for hydroxylation is 1. The molecule has 36 heavy (non-hydrogen) atoms. The molecule has 188 valence electrons. The van der Waals surface area contributed by atoms with Crippen LogP contribution in [0.4, 0.5) is 4.39 Å². The number of hydrogen-bond acceptors (Lipinski definition) is 6. The summed E-state index contributed by atoms with van der Waals surface area (Å²) >= 11 is 0. The molecule has 3 aromatic rings. The molecule has 1 saturated carbocycles. The molecule has 0 spiro atoms. The normalized spacial score (nSPS) is 13.7. The number of carbonyl (C=O) groups is 2. The van der Waals surface area contributed by atoms with Gasteiger partial charge in [-0.25, -0.2) is 4.39 Å². The molecule has 1 aliphatic carbocycles. The average Bonchev–Trinajstić information content (AvgIpc) is 3.71. The molecule has 1 amide bonds. The van der Waals surface area contributed by atoms with E-state index in [1.165, 1.54) is 6.07 Å². The van der Waals surface area contributed by atoms with E-state index in [1.807, 2.05) is 6.07 Å². The van der Waals surface area contributed by atoms with Gasteiger partial charge in [-0.2, -0.15) is 0 Å². The molecule has 1 heterocycles. The Balaban J connectivity index is 1.58. The van der Waals surface area contributed by atoms with Crippen LogP contribution in [0.15, 0.2) is 54.7 Å². The minimum absolute atomic E-state index is 0.00396. The first kappa shape index (κ1) is 25.3. The number of ether oxygens (including phenoxy) is 2. The molecule has 0 aliphatic heterocycles. The van der Waals surface area contributed by atoms with Crippen molar-refractivity contribution in [1.82, 2.24) is 10.3 Å². The molecule has 0 bridgehead atoms. The van der Waals surface area contributed by atoms with Gasteiger partial charge in [0.05, 0.1) is 17.9 Å². The van der Waals surface area contributed by atoms with Gasteiger partial charge < -0.3 is 20.5 Å². The number of amides is 1. The molecule has 7 nitrogen and oxygen atoms in total. The number of rotatable bonds is 10. The van der Waals surface area contributed by atoms with Crippen molar-refractivity contribution in [2.24, 2.45) is 11.7 Å². The molecule has 1 aromatic heterocycles. The summed E-state index contributed by atoms with van der Waals surface area (Å²) in [5.74, 6) is -0.187. The van der Waals surface area contributed by atoms with Crippen molar-refractivity contribution in [2.45, 2.75) is 45.9 Å². The van der Waals surface area contributed by atoms with Crippen LogP contribution in [0.25, 0.3) is 11.3 Å². The van der Waals surface area contributed by atoms with E-state index in [0.29, 0.717) is 51.8 Å². The highest BCUT2D eigenvalue weighted by Gasteiger charge is 2.24. The van der Waals surface area contributed by atoms with Crippen molar-refractivity contribution >= 4 is 11.9 Å². The van der Waals surface area contributed by atoms with Gasteiger partial charge in [0, 0.05) is 23.9 Å². The third kappa shape index (κ3) is 6.46. The molecule has 0 saturated heterocycles. The smallest absolute Gasteiger partial charge is 0.322 e. The lowest BCUT2D eigenvalue weighted by Crippen LogP contribution is -2.28. The molecule has 1 aliphatic rings. The third-order valence-corrected chi connectivity index (χ3v) is 5.99. The Morgan fingerprint density at radius 3 is 2.72 bits per heavy atom. The summed E-state index contributed by atoms with van der Waals surface area (Å²) in [5.41, 5.74) is 9.08. The minimum atomic E-state index is -0.731. The van der Waals surface area contributed by atoms with Crippen molar-refractivity contribution in [3.8, 4) is 17.0 Å². The summed E-state index contributed by atoms with van der Waals surface area (Å²) in [5, 5.41) is 2.86. The summed E-state index contributed by atoms with van der Waals surface area (Å²) in [4.78, 5) is 29.5. The highest BCUT2D eigenvalue weighted by Crippen LogP contribution is 2.32. The fraction of sp³-hybridized carbons (Fsp3) is 0.321. The predicted molar refractivity (Wildman–Crippen MR) is 134 cm³/mol. The third-order valence-electron chi connectivity index (χ3n) is 5.99. The van der Waals surface area contributed by atoms with Crippen molar-refractivity contribution in [3.05, 3.63) is 82.8 Å². The lowest BCUT2D eigenvalue weighted by molar-refractivity contribution is -0.146. The van der Waals surface area contributed by atoms with Gasteiger partial charge in [0.1, 0.15) is 24.2 Å². The second-order valence-electron chi connectivity index (χ2n) is 9.14. The highest BCUT2D eigenvalue weighted by molar-refractivity contribution is 5.98. The Morgan fingerprint density at radius 2 is 2.00 bits per heavy atom. The number of halogens is 1. The Labute approximate surface area is 209 Å². The van der Waals surface area contributed by atoms with E-state index >= 15 is 0 Å². The summed E-state index contributed by atoms with van der Waals surface area (Å²) in [7, 11) is 0. The van der Waals surface area contributed by atoms with Crippen LogP contribution in [0.3, 0.4) is 0 Å². The van der Waals surface area contributed by atoms with Gasteiger partial charge in [0.15, 0.2) is 0 Å². The van der Waals surface area contributed by atoms with E-state index in [9.17, 15) is 14.0 Å². The van der Waals surface area contributed by atoms with Crippen LogP contribution in [-0.4, -0.2) is 29.5 Å². The quantitative estimate of drug-likeness (QED) is 0.410. The summed E-state index contributed by atoms with van der Waals surface area (Å²) in [6.07, 6.45) is 3.88. The lowest BCUT2D eigenvalue weighted by atomic mass is 10.0. The van der Waals surface area contributed by atoms with Crippen molar-refractivity contribution < 1.29 is 23.5 Å². The lowest BCUT2D eigenvalue weighted by Gasteiger charge is -2.15. The maximum atomic E-state index is 13.9. The Hall–Kier alpha value is -3.78. The van der Waals surface area contributed by atoms with E-state index in [-0.39, 0.29) is 24.9 Å². The van der Waals surface area contributed by atoms with Gasteiger partial charge in [-0.1, -0.05) is 18.2 Å². The first-order valence-corrected chi connectivity index (χ1v) is 12.0. The number of esters is 1. The number of pyridine rings is 1. The zero-order chi connectivity index (χ0) is 25.7. The predicted octanol–water partition coefficient (Wildman–Crippen LogP) is 4.31. The number of aromatic nitrogens is 1. The molecule has 0 radical (unpaired) electrons. The van der Waals surface area contributed by atoms with Crippen LogP contribution in [-0.2, 0) is 22.7 Å². The second-order valence-corrected chi connectivity index (χ2v) is 9.14. The van der Waals surface area contributed by atoms with Gasteiger partial charge in [-0.3, -0.25) is 14.6 Å². The first-order valence-electron chi connectivity index (χ1n) is 12.0. The van der Waals surface area contributed by atoms with Gasteiger partial charge in [0.25, 0.3) is 5.91 Å². The summed E-state index contributed by atoms with van der Waals surface area (Å²) in [6, 6.07) is 13.0. The fourth-order valence-corrected chi connectivity index (χ4v) is 3.59. The number of carbonyl (C=O) groups excluding carboxylic acids is 2. The van der Waals surface area contributed by atoms with E-state index in [4.69, 9.17) is 15.2 Å².